The van der Waals surface area contributed by atoms with Gasteiger partial charge in [-0.3, -0.25) is 13.7 Å². The summed E-state index contributed by atoms with van der Waals surface area (Å²) in [5.41, 5.74) is 6.90. The van der Waals surface area contributed by atoms with Gasteiger partial charge in [0.25, 0.3) is 30.4 Å². The molecule has 0 aliphatic rings. The molecule has 0 saturated heterocycles. The highest BCUT2D eigenvalue weighted by atomic mass is 32.2. The van der Waals surface area contributed by atoms with Gasteiger partial charge in [0.05, 0.1) is 52.5 Å². The molecule has 21 nitrogen and oxygen atoms in total. The van der Waals surface area contributed by atoms with Crippen LogP contribution in [0.15, 0.2) is 135 Å². The first-order chi connectivity index (χ1) is 27.8. The van der Waals surface area contributed by atoms with E-state index in [2.05, 4.69) is 40.1 Å². The number of benzene rings is 6. The summed E-state index contributed by atoms with van der Waals surface area (Å²) in [7, 11) is -13.0. The van der Waals surface area contributed by atoms with Gasteiger partial charge in [-0.25, -0.2) is 5.26 Å². The van der Waals surface area contributed by atoms with Crippen molar-refractivity contribution in [3.05, 3.63) is 90.5 Å². The zero-order valence-corrected chi connectivity index (χ0v) is 33.2. The van der Waals surface area contributed by atoms with Crippen molar-refractivity contribution in [3.63, 3.8) is 0 Å². The maximum Gasteiger partial charge on any atom is 0.296 e. The molecule has 0 spiro atoms. The first-order valence-electron chi connectivity index (χ1n) is 16.1. The van der Waals surface area contributed by atoms with Crippen molar-refractivity contribution >= 4 is 104 Å². The molecule has 6 aromatic rings. The third-order valence-corrected chi connectivity index (χ3v) is 11.6. The van der Waals surface area contributed by atoms with Crippen LogP contribution in [0.25, 0.3) is 21.5 Å². The van der Waals surface area contributed by atoms with Gasteiger partial charge >= 0.3 is 0 Å². The third kappa shape index (κ3) is 9.50. The van der Waals surface area contributed by atoms with Crippen molar-refractivity contribution in [1.82, 2.24) is 0 Å². The van der Waals surface area contributed by atoms with E-state index in [1.807, 2.05) is 0 Å². The normalized spacial score (nSPS) is 12.8. The summed E-state index contributed by atoms with van der Waals surface area (Å²) in [6.07, 6.45) is 0. The molecule has 25 heteroatoms. The topological polar surface area (TPSA) is 331 Å². The lowest BCUT2D eigenvalue weighted by molar-refractivity contribution is -0.432. The molecule has 0 radical (unpaired) electrons. The molecule has 6 rings (SSSR count). The third-order valence-electron chi connectivity index (χ3n) is 8.23. The summed E-state index contributed by atoms with van der Waals surface area (Å²) in [5.74, 6) is -0.281. The molecule has 0 aromatic heterocycles. The maximum atomic E-state index is 12.1. The van der Waals surface area contributed by atoms with E-state index in [-0.39, 0.29) is 60.6 Å². The summed E-state index contributed by atoms with van der Waals surface area (Å²) in [5, 5.41) is 48.1. The predicted molar refractivity (Wildman–Crippen MR) is 211 cm³/mol. The number of phenols is 1. The molecule has 0 bridgehead atoms. The Balaban J connectivity index is 1.25. The Kier molecular flexibility index (Phi) is 12.1. The van der Waals surface area contributed by atoms with E-state index in [4.69, 9.17) is 15.7 Å². The van der Waals surface area contributed by atoms with E-state index in [1.54, 1.807) is 25.1 Å². The number of hydrogen-bond acceptors (Lipinski definition) is 19. The van der Waals surface area contributed by atoms with E-state index < -0.39 is 50.8 Å². The Bertz CT molecular complexity index is 3110. The lowest BCUT2D eigenvalue weighted by Crippen LogP contribution is -2.03. The number of methoxy groups -OCH3 is 1. The van der Waals surface area contributed by atoms with Crippen molar-refractivity contribution in [2.75, 3.05) is 12.8 Å². The summed E-state index contributed by atoms with van der Waals surface area (Å²) in [4.78, 5) is -1.83. The number of nitrogen functional groups attached to an aromatic ring is 1. The van der Waals surface area contributed by atoms with Crippen LogP contribution >= 0.6 is 12.0 Å². The smallest absolute Gasteiger partial charge is 0.296 e. The fraction of sp³-hybridized carbons (Fsp3) is 0.0588. The maximum absolute atomic E-state index is 12.1. The molecule has 0 fully saturated rings. The summed E-state index contributed by atoms with van der Waals surface area (Å²) < 4.78 is 111. The number of hydrogen-bond donors (Lipinski definition) is 6. The SMILES string of the molecule is COc1cc(N=Nc2cc(S(=O)(=O)O)c3cccc(S(=O)(=O)O)c3c2)ccc1N=Nc1ccc(N=Nc2c(SOOO)cc3cc(S(=O)(=O)O)c(N)cc3c2O)cc1C. The van der Waals surface area contributed by atoms with Crippen molar-refractivity contribution in [1.29, 1.82) is 0 Å². The van der Waals surface area contributed by atoms with Crippen LogP contribution < -0.4 is 10.5 Å². The first-order valence-corrected chi connectivity index (χ1v) is 21.1. The molecule has 0 unspecified atom stereocenters. The summed E-state index contributed by atoms with van der Waals surface area (Å²) >= 11 is 0.415. The second-order valence-electron chi connectivity index (χ2n) is 12.1. The Labute approximate surface area is 337 Å². The number of azo groups is 3. The van der Waals surface area contributed by atoms with Crippen molar-refractivity contribution in [2.45, 2.75) is 26.5 Å². The van der Waals surface area contributed by atoms with Gasteiger partial charge in [0.15, 0.2) is 5.75 Å². The number of ether oxygens (including phenoxy) is 1. The van der Waals surface area contributed by atoms with Crippen LogP contribution in [0.1, 0.15) is 5.56 Å². The van der Waals surface area contributed by atoms with Crippen LogP contribution in [0, 0.1) is 6.92 Å². The molecule has 0 saturated carbocycles. The molecular formula is C34H27N7O14S4. The molecule has 7 N–H and O–H groups in total. The zero-order valence-electron chi connectivity index (χ0n) is 29.9. The molecule has 6 aromatic carbocycles. The van der Waals surface area contributed by atoms with Crippen molar-refractivity contribution in [3.8, 4) is 11.5 Å². The Morgan fingerprint density at radius 2 is 1.25 bits per heavy atom. The summed E-state index contributed by atoms with van der Waals surface area (Å²) in [6, 6.07) is 18.3. The molecule has 0 amide bonds. The molecule has 0 aliphatic heterocycles. The fourth-order valence-corrected chi connectivity index (χ4v) is 8.14. The van der Waals surface area contributed by atoms with Gasteiger partial charge < -0.3 is 15.6 Å². The monoisotopic (exact) mass is 885 g/mol. The highest BCUT2D eigenvalue weighted by molar-refractivity contribution is 7.94. The van der Waals surface area contributed by atoms with Gasteiger partial charge in [-0.2, -0.15) is 45.7 Å². The Morgan fingerprint density at radius 1 is 0.627 bits per heavy atom. The number of phenolic OH excluding ortho intramolecular Hbond substituents is 1. The summed E-state index contributed by atoms with van der Waals surface area (Å²) in [6.45, 7) is 1.71. The van der Waals surface area contributed by atoms with Gasteiger partial charge in [0.2, 0.25) is 0 Å². The van der Waals surface area contributed by atoms with E-state index in [1.165, 1.54) is 49.6 Å². The van der Waals surface area contributed by atoms with Crippen LogP contribution in [0.3, 0.4) is 0 Å². The van der Waals surface area contributed by atoms with Gasteiger partial charge in [-0.1, -0.05) is 17.2 Å². The van der Waals surface area contributed by atoms with Crippen molar-refractivity contribution in [2.24, 2.45) is 30.7 Å². The lowest BCUT2D eigenvalue weighted by atomic mass is 10.1. The second-order valence-corrected chi connectivity index (χ2v) is 17.0. The molecule has 0 aliphatic carbocycles. The largest absolute Gasteiger partial charge is 0.505 e. The number of aromatic hydroxyl groups is 1. The Hall–Kier alpha value is -6.00. The average molecular weight is 886 g/mol. The molecular weight excluding hydrogens is 859 g/mol. The predicted octanol–water partition coefficient (Wildman–Crippen LogP) is 9.01. The van der Waals surface area contributed by atoms with E-state index in [0.29, 0.717) is 29.0 Å². The standard InChI is InChI=1S/C34H27N7O14S4/c1-17-10-19(37-41-33-29(56-55-54-43)11-18-12-32(59(50,51)52)25(35)16-23(18)34(33)42)6-8-26(17)39-40-27-9-7-20(14-28(27)53-2)36-38-21-13-24-22(31(15-21)58(47,48)49)4-3-5-30(24)57(44,45)46/h3-16,42-43H,35H2,1-2H3,(H,44,45,46)(H,47,48,49)(H,50,51,52). The number of rotatable bonds is 13. The van der Waals surface area contributed by atoms with Gasteiger partial charge in [-0.05, 0) is 84.6 Å². The zero-order chi connectivity index (χ0) is 42.9. The van der Waals surface area contributed by atoms with Crippen LogP contribution in [0.4, 0.5) is 39.8 Å². The first kappa shape index (κ1) is 42.6. The van der Waals surface area contributed by atoms with Crippen LogP contribution in [0.2, 0.25) is 0 Å². The minimum atomic E-state index is -4.86. The van der Waals surface area contributed by atoms with Gasteiger partial charge in [0.1, 0.15) is 31.8 Å². The minimum absolute atomic E-state index is 0.0247. The number of aryl methyl sites for hydroxylation is 1. The van der Waals surface area contributed by atoms with Gasteiger partial charge in [-0.15, -0.1) is 14.6 Å². The van der Waals surface area contributed by atoms with E-state index in [0.717, 1.165) is 24.3 Å². The van der Waals surface area contributed by atoms with Crippen LogP contribution in [-0.2, 0) is 39.7 Å². The molecule has 0 atom stereocenters. The highest BCUT2D eigenvalue weighted by Gasteiger charge is 2.23. The number of fused-ring (bicyclic) bond motifs is 2. The van der Waals surface area contributed by atoms with E-state index in [9.17, 15) is 44.0 Å². The van der Waals surface area contributed by atoms with Crippen molar-refractivity contribution < 1.29 is 63.4 Å². The number of nitrogens with zero attached hydrogens (tertiary/aromatic N) is 6. The number of nitrogens with two attached hydrogens (primary N) is 1. The number of anilines is 1. The lowest BCUT2D eigenvalue weighted by Gasteiger charge is -2.11. The molecule has 59 heavy (non-hydrogen) atoms. The second kappa shape index (κ2) is 16.7. The Morgan fingerprint density at radius 3 is 1.90 bits per heavy atom. The minimum Gasteiger partial charge on any atom is -0.505 e. The highest BCUT2D eigenvalue weighted by Crippen LogP contribution is 2.46. The van der Waals surface area contributed by atoms with Gasteiger partial charge in [0, 0.05) is 22.2 Å². The quantitative estimate of drug-likeness (QED) is 0.0157. The van der Waals surface area contributed by atoms with Crippen LogP contribution in [-0.4, -0.2) is 56.4 Å². The average Bonchev–Trinajstić information content (AvgIpc) is 3.17. The van der Waals surface area contributed by atoms with Crippen LogP contribution in [0.5, 0.6) is 11.5 Å². The fourth-order valence-electron chi connectivity index (χ4n) is 5.59. The van der Waals surface area contributed by atoms with E-state index >= 15 is 0 Å². The molecule has 0 heterocycles. The molecule has 306 valence electrons.